The summed E-state index contributed by atoms with van der Waals surface area (Å²) in [4.78, 5) is 0. The predicted octanol–water partition coefficient (Wildman–Crippen LogP) is 7.31. The third-order valence-corrected chi connectivity index (χ3v) is 4.81. The van der Waals surface area contributed by atoms with Gasteiger partial charge >= 0.3 is 0 Å². The molecule has 4 nitrogen and oxygen atoms in total. The first kappa shape index (κ1) is 20.4. The highest BCUT2D eigenvalue weighted by Crippen LogP contribution is 2.38. The highest BCUT2D eigenvalue weighted by atomic mass is 35.5. The number of ether oxygens (including phenoxy) is 2. The SMILES string of the molecule is Oc1ccc(C(=CCl)c2ccc(O)c(Oc3ccccc3)c2)cc1Oc1ccccc1. The first-order valence-corrected chi connectivity index (χ1v) is 10.0. The van der Waals surface area contributed by atoms with Crippen molar-refractivity contribution in [3.8, 4) is 34.5 Å². The molecule has 0 saturated carbocycles. The van der Waals surface area contributed by atoms with Crippen LogP contribution >= 0.6 is 11.6 Å². The zero-order chi connectivity index (χ0) is 21.6. The van der Waals surface area contributed by atoms with E-state index in [1.165, 1.54) is 5.54 Å². The summed E-state index contributed by atoms with van der Waals surface area (Å²) >= 11 is 6.17. The summed E-state index contributed by atoms with van der Waals surface area (Å²) in [6.45, 7) is 0. The van der Waals surface area contributed by atoms with E-state index < -0.39 is 0 Å². The molecule has 2 N–H and O–H groups in total. The zero-order valence-electron chi connectivity index (χ0n) is 16.4. The van der Waals surface area contributed by atoms with Crippen molar-refractivity contribution in [3.63, 3.8) is 0 Å². The standard InChI is InChI=1S/C26H19ClO4/c27-17-22(18-11-13-23(28)25(15-18)30-20-7-3-1-4-8-20)19-12-14-24(29)26(16-19)31-21-9-5-2-6-10-21/h1-17,28-29H. The molecule has 31 heavy (non-hydrogen) atoms. The van der Waals surface area contributed by atoms with Crippen LogP contribution in [0.15, 0.2) is 103 Å². The van der Waals surface area contributed by atoms with Crippen molar-refractivity contribution < 1.29 is 19.7 Å². The number of hydrogen-bond donors (Lipinski definition) is 2. The van der Waals surface area contributed by atoms with E-state index in [4.69, 9.17) is 21.1 Å². The summed E-state index contributed by atoms with van der Waals surface area (Å²) < 4.78 is 11.6. The van der Waals surface area contributed by atoms with Crippen molar-refractivity contribution in [1.82, 2.24) is 0 Å². The Morgan fingerprint density at radius 3 is 1.42 bits per heavy atom. The lowest BCUT2D eigenvalue weighted by Crippen LogP contribution is -1.92. The van der Waals surface area contributed by atoms with Crippen molar-refractivity contribution in [3.05, 3.63) is 114 Å². The Kier molecular flexibility index (Phi) is 6.11. The minimum absolute atomic E-state index is 0.0142. The summed E-state index contributed by atoms with van der Waals surface area (Å²) in [6.07, 6.45) is 0. The van der Waals surface area contributed by atoms with Crippen LogP contribution in [0.2, 0.25) is 0 Å². The van der Waals surface area contributed by atoms with Gasteiger partial charge in [-0.15, -0.1) is 0 Å². The van der Waals surface area contributed by atoms with Gasteiger partial charge in [0.25, 0.3) is 0 Å². The van der Waals surface area contributed by atoms with E-state index in [1.54, 1.807) is 60.7 Å². The summed E-state index contributed by atoms with van der Waals surface area (Å²) in [5.74, 6) is 1.85. The largest absolute Gasteiger partial charge is 0.504 e. The van der Waals surface area contributed by atoms with Crippen LogP contribution in [0, 0.1) is 0 Å². The van der Waals surface area contributed by atoms with Crippen LogP contribution in [0.3, 0.4) is 0 Å². The van der Waals surface area contributed by atoms with Gasteiger partial charge in [0.2, 0.25) is 0 Å². The predicted molar refractivity (Wildman–Crippen MR) is 122 cm³/mol. The van der Waals surface area contributed by atoms with Crippen LogP contribution in [-0.2, 0) is 0 Å². The molecule has 0 bridgehead atoms. The fourth-order valence-corrected chi connectivity index (χ4v) is 3.30. The summed E-state index contributed by atoms with van der Waals surface area (Å²) in [5.41, 5.74) is 3.58. The van der Waals surface area contributed by atoms with Crippen molar-refractivity contribution in [1.29, 1.82) is 0 Å². The van der Waals surface area contributed by atoms with Crippen molar-refractivity contribution >= 4 is 17.2 Å². The molecule has 0 spiro atoms. The molecule has 4 rings (SSSR count). The monoisotopic (exact) mass is 430 g/mol. The minimum Gasteiger partial charge on any atom is -0.504 e. The van der Waals surface area contributed by atoms with Gasteiger partial charge in [-0.05, 0) is 59.7 Å². The molecule has 0 radical (unpaired) electrons. The summed E-state index contributed by atoms with van der Waals surface area (Å²) in [6, 6.07) is 28.4. The van der Waals surface area contributed by atoms with E-state index in [2.05, 4.69) is 0 Å². The van der Waals surface area contributed by atoms with Crippen molar-refractivity contribution in [2.24, 2.45) is 0 Å². The maximum atomic E-state index is 10.2. The third-order valence-electron chi connectivity index (χ3n) is 4.59. The second-order valence-corrected chi connectivity index (χ2v) is 6.94. The first-order chi connectivity index (χ1) is 15.1. The summed E-state index contributed by atoms with van der Waals surface area (Å²) in [5, 5.41) is 20.5. The molecule has 0 saturated heterocycles. The Morgan fingerprint density at radius 2 is 1.03 bits per heavy atom. The molecule has 0 unspecified atom stereocenters. The van der Waals surface area contributed by atoms with E-state index in [9.17, 15) is 10.2 Å². The summed E-state index contributed by atoms with van der Waals surface area (Å²) in [7, 11) is 0. The lowest BCUT2D eigenvalue weighted by atomic mass is 9.98. The van der Waals surface area contributed by atoms with Gasteiger partial charge in [0.1, 0.15) is 11.5 Å². The Morgan fingerprint density at radius 1 is 0.613 bits per heavy atom. The fourth-order valence-electron chi connectivity index (χ4n) is 3.05. The number of rotatable bonds is 6. The van der Waals surface area contributed by atoms with Gasteiger partial charge in [0, 0.05) is 11.1 Å². The van der Waals surface area contributed by atoms with E-state index >= 15 is 0 Å². The molecular weight excluding hydrogens is 412 g/mol. The second kappa shape index (κ2) is 9.28. The van der Waals surface area contributed by atoms with Gasteiger partial charge in [-0.2, -0.15) is 0 Å². The Balaban J connectivity index is 1.66. The van der Waals surface area contributed by atoms with Gasteiger partial charge in [-0.1, -0.05) is 60.1 Å². The number of hydrogen-bond acceptors (Lipinski definition) is 4. The fraction of sp³-hybridized carbons (Fsp3) is 0. The van der Waals surface area contributed by atoms with E-state index in [0.717, 1.165) is 11.1 Å². The maximum Gasteiger partial charge on any atom is 0.169 e. The van der Waals surface area contributed by atoms with Gasteiger partial charge < -0.3 is 19.7 Å². The van der Waals surface area contributed by atoms with Gasteiger partial charge in [0.05, 0.1) is 0 Å². The number of halogens is 1. The lowest BCUT2D eigenvalue weighted by molar-refractivity contribution is 0.411. The van der Waals surface area contributed by atoms with Crippen molar-refractivity contribution in [2.45, 2.75) is 0 Å². The third kappa shape index (κ3) is 4.82. The first-order valence-electron chi connectivity index (χ1n) is 9.57. The molecule has 0 heterocycles. The highest BCUT2D eigenvalue weighted by Gasteiger charge is 2.13. The molecule has 5 heteroatoms. The minimum atomic E-state index is 0.0142. The van der Waals surface area contributed by atoms with E-state index in [-0.39, 0.29) is 11.5 Å². The number of benzene rings is 4. The van der Waals surface area contributed by atoms with Crippen LogP contribution in [0.25, 0.3) is 5.57 Å². The average molecular weight is 431 g/mol. The second-order valence-electron chi connectivity index (χ2n) is 6.72. The van der Waals surface area contributed by atoms with E-state index in [1.807, 2.05) is 36.4 Å². The van der Waals surface area contributed by atoms with Gasteiger partial charge in [-0.25, -0.2) is 0 Å². The Bertz CT molecular complexity index is 1110. The van der Waals surface area contributed by atoms with Crippen LogP contribution in [0.1, 0.15) is 11.1 Å². The quantitative estimate of drug-likeness (QED) is 0.336. The normalized spacial score (nSPS) is 10.4. The topological polar surface area (TPSA) is 58.9 Å². The van der Waals surface area contributed by atoms with Crippen LogP contribution < -0.4 is 9.47 Å². The molecule has 0 fully saturated rings. The molecule has 0 aliphatic heterocycles. The maximum absolute atomic E-state index is 10.2. The highest BCUT2D eigenvalue weighted by molar-refractivity contribution is 6.29. The van der Waals surface area contributed by atoms with Gasteiger partial charge in [0.15, 0.2) is 23.0 Å². The zero-order valence-corrected chi connectivity index (χ0v) is 17.2. The number of phenols is 2. The van der Waals surface area contributed by atoms with Crippen LogP contribution in [0.5, 0.6) is 34.5 Å². The Labute approximate surface area is 185 Å². The molecule has 0 aliphatic carbocycles. The lowest BCUT2D eigenvalue weighted by Gasteiger charge is -2.14. The van der Waals surface area contributed by atoms with Crippen LogP contribution in [-0.4, -0.2) is 10.2 Å². The van der Waals surface area contributed by atoms with Crippen molar-refractivity contribution in [2.75, 3.05) is 0 Å². The molecule has 0 aromatic heterocycles. The van der Waals surface area contributed by atoms with Crippen LogP contribution in [0.4, 0.5) is 0 Å². The Hall–Kier alpha value is -3.89. The number of phenolic OH excluding ortho intramolecular Hbond substituents is 2. The van der Waals surface area contributed by atoms with Gasteiger partial charge in [-0.3, -0.25) is 0 Å². The molecule has 154 valence electrons. The molecule has 4 aromatic carbocycles. The number of aromatic hydroxyl groups is 2. The molecule has 0 aliphatic rings. The molecular formula is C26H19ClO4. The van der Waals surface area contributed by atoms with E-state index in [0.29, 0.717) is 28.6 Å². The molecule has 0 amide bonds. The average Bonchev–Trinajstić information content (AvgIpc) is 2.80. The number of para-hydroxylation sites is 2. The molecule has 0 atom stereocenters. The smallest absolute Gasteiger partial charge is 0.169 e. The molecule has 4 aromatic rings.